The highest BCUT2D eigenvalue weighted by atomic mass is 35.5. The molecule has 19 heavy (non-hydrogen) atoms. The number of benzene rings is 1. The van der Waals surface area contributed by atoms with Crippen molar-refractivity contribution in [3.63, 3.8) is 0 Å². The first-order valence-electron chi connectivity index (χ1n) is 6.18. The minimum atomic E-state index is -0.177. The van der Waals surface area contributed by atoms with Gasteiger partial charge in [-0.15, -0.1) is 0 Å². The Morgan fingerprint density at radius 2 is 2.05 bits per heavy atom. The topological polar surface area (TPSA) is 50.4 Å². The van der Waals surface area contributed by atoms with Crippen LogP contribution in [-0.2, 0) is 4.79 Å². The molecule has 0 fully saturated rings. The fourth-order valence-electron chi connectivity index (χ4n) is 1.38. The third-order valence-electron chi connectivity index (χ3n) is 2.30. The van der Waals surface area contributed by atoms with E-state index in [2.05, 4.69) is 17.6 Å². The van der Waals surface area contributed by atoms with Crippen molar-refractivity contribution in [1.29, 1.82) is 0 Å². The van der Waals surface area contributed by atoms with Gasteiger partial charge in [-0.05, 0) is 31.2 Å². The Bertz CT molecular complexity index is 414. The Labute approximate surface area is 123 Å². The highest BCUT2D eigenvalue weighted by Crippen LogP contribution is 2.27. The van der Waals surface area contributed by atoms with Crippen molar-refractivity contribution in [3.05, 3.63) is 28.2 Å². The van der Waals surface area contributed by atoms with Crippen LogP contribution >= 0.6 is 23.2 Å². The molecule has 0 aromatic heterocycles. The van der Waals surface area contributed by atoms with Gasteiger partial charge >= 0.3 is 0 Å². The van der Waals surface area contributed by atoms with Crippen molar-refractivity contribution in [2.75, 3.05) is 26.2 Å². The van der Waals surface area contributed by atoms with Gasteiger partial charge in [0.1, 0.15) is 5.75 Å². The predicted molar refractivity (Wildman–Crippen MR) is 78.1 cm³/mol. The summed E-state index contributed by atoms with van der Waals surface area (Å²) in [5.41, 5.74) is 0. The molecule has 0 heterocycles. The summed E-state index contributed by atoms with van der Waals surface area (Å²) in [5, 5.41) is 6.86. The first-order chi connectivity index (χ1) is 9.13. The second-order valence-corrected chi connectivity index (χ2v) is 4.81. The van der Waals surface area contributed by atoms with Crippen molar-refractivity contribution >= 4 is 29.1 Å². The van der Waals surface area contributed by atoms with Gasteiger partial charge in [-0.1, -0.05) is 30.1 Å². The average molecular weight is 305 g/mol. The molecule has 106 valence electrons. The van der Waals surface area contributed by atoms with Gasteiger partial charge in [0.05, 0.1) is 5.02 Å². The van der Waals surface area contributed by atoms with Crippen LogP contribution in [0.5, 0.6) is 5.75 Å². The largest absolute Gasteiger partial charge is 0.482 e. The standard InChI is InChI=1S/C13H18Cl2N2O2/c1-2-5-16-6-7-17-13(18)9-19-12-4-3-10(14)8-11(12)15/h3-4,8,16H,2,5-7,9H2,1H3,(H,17,18). The van der Waals surface area contributed by atoms with E-state index in [0.29, 0.717) is 22.3 Å². The molecule has 1 rings (SSSR count). The summed E-state index contributed by atoms with van der Waals surface area (Å²) in [7, 11) is 0. The summed E-state index contributed by atoms with van der Waals surface area (Å²) in [6.07, 6.45) is 1.08. The van der Waals surface area contributed by atoms with Crippen LogP contribution in [0.4, 0.5) is 0 Å². The minimum absolute atomic E-state index is 0.0604. The van der Waals surface area contributed by atoms with E-state index in [1.165, 1.54) is 0 Å². The van der Waals surface area contributed by atoms with Crippen LogP contribution in [0.2, 0.25) is 10.0 Å². The molecule has 0 unspecified atom stereocenters. The minimum Gasteiger partial charge on any atom is -0.482 e. The van der Waals surface area contributed by atoms with E-state index in [4.69, 9.17) is 27.9 Å². The van der Waals surface area contributed by atoms with Gasteiger partial charge in [-0.25, -0.2) is 0 Å². The van der Waals surface area contributed by atoms with E-state index >= 15 is 0 Å². The summed E-state index contributed by atoms with van der Waals surface area (Å²) in [6, 6.07) is 4.88. The van der Waals surface area contributed by atoms with Crippen molar-refractivity contribution in [2.45, 2.75) is 13.3 Å². The lowest BCUT2D eigenvalue weighted by molar-refractivity contribution is -0.123. The summed E-state index contributed by atoms with van der Waals surface area (Å²) in [5.74, 6) is 0.273. The van der Waals surface area contributed by atoms with Gasteiger partial charge in [0, 0.05) is 18.1 Å². The first-order valence-corrected chi connectivity index (χ1v) is 6.94. The van der Waals surface area contributed by atoms with E-state index in [1.54, 1.807) is 18.2 Å². The summed E-state index contributed by atoms with van der Waals surface area (Å²) in [4.78, 5) is 11.5. The van der Waals surface area contributed by atoms with Crippen molar-refractivity contribution in [3.8, 4) is 5.75 Å². The summed E-state index contributed by atoms with van der Waals surface area (Å²) in [6.45, 7) is 4.31. The van der Waals surface area contributed by atoms with Crippen LogP contribution in [0.15, 0.2) is 18.2 Å². The number of hydrogen-bond donors (Lipinski definition) is 2. The summed E-state index contributed by atoms with van der Waals surface area (Å²) < 4.78 is 5.31. The van der Waals surface area contributed by atoms with Crippen LogP contribution in [0.1, 0.15) is 13.3 Å². The molecule has 1 amide bonds. The number of carbonyl (C=O) groups excluding carboxylic acids is 1. The second kappa shape index (κ2) is 9.02. The maximum Gasteiger partial charge on any atom is 0.257 e. The van der Waals surface area contributed by atoms with Crippen molar-refractivity contribution in [2.24, 2.45) is 0 Å². The Kier molecular flexibility index (Phi) is 7.63. The maximum atomic E-state index is 11.5. The normalized spacial score (nSPS) is 10.3. The maximum absolute atomic E-state index is 11.5. The number of ether oxygens (including phenoxy) is 1. The van der Waals surface area contributed by atoms with Crippen LogP contribution in [0, 0.1) is 0 Å². The molecule has 0 atom stereocenters. The van der Waals surface area contributed by atoms with Crippen LogP contribution in [-0.4, -0.2) is 32.1 Å². The molecule has 0 spiro atoms. The number of rotatable bonds is 8. The number of halogens is 2. The summed E-state index contributed by atoms with van der Waals surface area (Å²) >= 11 is 11.7. The van der Waals surface area contributed by atoms with Gasteiger partial charge in [0.25, 0.3) is 5.91 Å². The molecule has 1 aromatic carbocycles. The van der Waals surface area contributed by atoms with Crippen molar-refractivity contribution in [1.82, 2.24) is 10.6 Å². The molecule has 2 N–H and O–H groups in total. The highest BCUT2D eigenvalue weighted by Gasteiger charge is 2.05. The molecule has 1 aromatic rings. The van der Waals surface area contributed by atoms with Crippen LogP contribution in [0.25, 0.3) is 0 Å². The third-order valence-corrected chi connectivity index (χ3v) is 2.83. The molecular weight excluding hydrogens is 287 g/mol. The fraction of sp³-hybridized carbons (Fsp3) is 0.462. The SMILES string of the molecule is CCCNCCNC(=O)COc1ccc(Cl)cc1Cl. The molecule has 0 bridgehead atoms. The molecular formula is C13H18Cl2N2O2. The van der Waals surface area contributed by atoms with Crippen molar-refractivity contribution < 1.29 is 9.53 Å². The zero-order valence-electron chi connectivity index (χ0n) is 10.8. The molecule has 0 saturated heterocycles. The monoisotopic (exact) mass is 304 g/mol. The third kappa shape index (κ3) is 6.66. The van der Waals surface area contributed by atoms with Crippen LogP contribution in [0.3, 0.4) is 0 Å². The van der Waals surface area contributed by atoms with E-state index < -0.39 is 0 Å². The lowest BCUT2D eigenvalue weighted by Gasteiger charge is -2.09. The zero-order valence-corrected chi connectivity index (χ0v) is 12.4. The molecule has 0 aliphatic heterocycles. The number of amides is 1. The van der Waals surface area contributed by atoms with Crippen LogP contribution < -0.4 is 15.4 Å². The molecule has 0 aliphatic carbocycles. The predicted octanol–water partition coefficient (Wildman–Crippen LogP) is 2.49. The highest BCUT2D eigenvalue weighted by molar-refractivity contribution is 6.35. The lowest BCUT2D eigenvalue weighted by Crippen LogP contribution is -2.35. The van der Waals surface area contributed by atoms with E-state index in [9.17, 15) is 4.79 Å². The zero-order chi connectivity index (χ0) is 14.1. The van der Waals surface area contributed by atoms with Gasteiger partial charge in [0.15, 0.2) is 6.61 Å². The van der Waals surface area contributed by atoms with Gasteiger partial charge in [0.2, 0.25) is 0 Å². The quantitative estimate of drug-likeness (QED) is 0.726. The van der Waals surface area contributed by atoms with E-state index in [-0.39, 0.29) is 12.5 Å². The number of carbonyl (C=O) groups is 1. The Morgan fingerprint density at radius 3 is 2.74 bits per heavy atom. The Hall–Kier alpha value is -0.970. The molecule has 6 heteroatoms. The number of hydrogen-bond acceptors (Lipinski definition) is 3. The Morgan fingerprint density at radius 1 is 1.26 bits per heavy atom. The molecule has 0 saturated carbocycles. The number of nitrogens with one attached hydrogen (secondary N) is 2. The molecule has 4 nitrogen and oxygen atoms in total. The second-order valence-electron chi connectivity index (χ2n) is 3.96. The average Bonchev–Trinajstić information content (AvgIpc) is 2.37. The van der Waals surface area contributed by atoms with E-state index in [1.807, 2.05) is 0 Å². The molecule has 0 aliphatic rings. The van der Waals surface area contributed by atoms with Gasteiger partial charge < -0.3 is 15.4 Å². The first kappa shape index (κ1) is 16.1. The van der Waals surface area contributed by atoms with E-state index in [0.717, 1.165) is 19.5 Å². The molecule has 0 radical (unpaired) electrons. The van der Waals surface area contributed by atoms with Gasteiger partial charge in [-0.3, -0.25) is 4.79 Å². The van der Waals surface area contributed by atoms with Gasteiger partial charge in [-0.2, -0.15) is 0 Å². The Balaban J connectivity index is 2.22. The fourth-order valence-corrected chi connectivity index (χ4v) is 1.84. The smallest absolute Gasteiger partial charge is 0.257 e. The lowest BCUT2D eigenvalue weighted by atomic mass is 10.3.